The number of fused-ring (bicyclic) bond motifs is 1. The second-order valence-corrected chi connectivity index (χ2v) is 17.5. The molecule has 7 nitrogen and oxygen atoms in total. The number of aliphatic hydroxyl groups excluding tert-OH is 1. The summed E-state index contributed by atoms with van der Waals surface area (Å²) in [6, 6.07) is 3.26. The van der Waals surface area contributed by atoms with Crippen LogP contribution in [-0.2, 0) is 19.1 Å². The molecule has 1 amide bonds. The third-order valence-electron chi connectivity index (χ3n) is 13.1. The Morgan fingerprint density at radius 2 is 1.95 bits per heavy atom. The van der Waals surface area contributed by atoms with Crippen LogP contribution in [0.3, 0.4) is 0 Å². The van der Waals surface area contributed by atoms with Crippen molar-refractivity contribution >= 4 is 40.8 Å². The van der Waals surface area contributed by atoms with Crippen LogP contribution in [0.15, 0.2) is 30.2 Å². The zero-order valence-corrected chi connectivity index (χ0v) is 28.3. The van der Waals surface area contributed by atoms with Crippen molar-refractivity contribution in [2.45, 2.75) is 96.1 Å². The van der Waals surface area contributed by atoms with Crippen LogP contribution in [0.5, 0.6) is 0 Å². The first-order chi connectivity index (χ1) is 20.8. The fraction of sp³-hybridized carbons (Fsp3) is 0.743. The first-order valence-corrected chi connectivity index (χ1v) is 18.5. The van der Waals surface area contributed by atoms with E-state index in [0.717, 1.165) is 50.1 Å². The molecule has 6 rings (SSSR count). The number of carbonyl (C=O) groups excluding carboxylic acids is 3. The summed E-state index contributed by atoms with van der Waals surface area (Å²) in [6.45, 7) is 14.2. The number of hydrogen-bond acceptors (Lipinski definition) is 8. The molecule has 44 heavy (non-hydrogen) atoms. The lowest BCUT2D eigenvalue weighted by Gasteiger charge is -2.61. The first kappa shape index (κ1) is 32.3. The Labute approximate surface area is 270 Å². The number of likely N-dealkylation sites (tertiary alicyclic amines) is 1. The second kappa shape index (κ2) is 11.8. The van der Waals surface area contributed by atoms with Gasteiger partial charge in [0, 0.05) is 46.4 Å². The Hall–Kier alpha value is -1.68. The van der Waals surface area contributed by atoms with Crippen LogP contribution in [0.2, 0.25) is 0 Å². The number of esters is 1. The summed E-state index contributed by atoms with van der Waals surface area (Å²) >= 11 is 3.19. The smallest absolute Gasteiger partial charge is 0.316 e. The molecule has 5 aliphatic rings. The van der Waals surface area contributed by atoms with Crippen LogP contribution >= 0.6 is 23.1 Å². The van der Waals surface area contributed by atoms with Gasteiger partial charge in [-0.25, -0.2) is 0 Å². The monoisotopic (exact) mass is 642 g/mol. The van der Waals surface area contributed by atoms with Crippen molar-refractivity contribution < 1.29 is 24.2 Å². The lowest BCUT2D eigenvalue weighted by molar-refractivity contribution is -0.205. The number of ether oxygens (including phenoxy) is 1. The van der Waals surface area contributed by atoms with Crippen molar-refractivity contribution in [1.82, 2.24) is 4.90 Å². The third kappa shape index (κ3) is 5.12. The standard InChI is InChI=1S/C35H50N2O5S2/c1-6-33(4)16-27(34(5)20(2)9-11-35(21(3)31(33)40)12-10-25(38)30(34)35)42-28(39)19-44-24-14-22-17-37(18-23(22)15-24)32(41)29(36)26-8-7-13-43-26/h6-8,13,20-24,27,29-31,40H,1,9-12,14-19,36H2,2-5H3/t20-,21+,22?,23?,24?,27-,29-,30+,31+,33-,34+,35+/m1/s1. The van der Waals surface area contributed by atoms with Gasteiger partial charge in [-0.1, -0.05) is 39.8 Å². The van der Waals surface area contributed by atoms with E-state index in [1.807, 2.05) is 35.4 Å². The number of carbonyl (C=O) groups is 3. The van der Waals surface area contributed by atoms with Gasteiger partial charge in [-0.15, -0.1) is 29.7 Å². The quantitative estimate of drug-likeness (QED) is 0.293. The van der Waals surface area contributed by atoms with Gasteiger partial charge in [0.1, 0.15) is 17.9 Å². The van der Waals surface area contributed by atoms with E-state index in [-0.39, 0.29) is 46.6 Å². The summed E-state index contributed by atoms with van der Waals surface area (Å²) in [5, 5.41) is 14.0. The van der Waals surface area contributed by atoms with Crippen molar-refractivity contribution in [3.05, 3.63) is 35.0 Å². The molecule has 4 aliphatic carbocycles. The highest BCUT2D eigenvalue weighted by Crippen LogP contribution is 2.68. The summed E-state index contributed by atoms with van der Waals surface area (Å²) in [5.74, 6) is 1.16. The maximum Gasteiger partial charge on any atom is 0.316 e. The maximum atomic E-state index is 13.6. The molecular weight excluding hydrogens is 593 g/mol. The van der Waals surface area contributed by atoms with Gasteiger partial charge in [0.2, 0.25) is 5.91 Å². The molecule has 4 saturated carbocycles. The molecule has 2 heterocycles. The highest BCUT2D eigenvalue weighted by molar-refractivity contribution is 8.00. The molecule has 5 fully saturated rings. The van der Waals surface area contributed by atoms with E-state index in [4.69, 9.17) is 10.5 Å². The van der Waals surface area contributed by atoms with E-state index in [2.05, 4.69) is 27.4 Å². The van der Waals surface area contributed by atoms with E-state index in [1.165, 1.54) is 11.3 Å². The minimum atomic E-state index is -0.661. The lowest BCUT2D eigenvalue weighted by atomic mass is 9.44. The molecule has 242 valence electrons. The van der Waals surface area contributed by atoms with Gasteiger partial charge in [0.25, 0.3) is 0 Å². The van der Waals surface area contributed by atoms with E-state index in [0.29, 0.717) is 29.9 Å². The minimum Gasteiger partial charge on any atom is -0.461 e. The van der Waals surface area contributed by atoms with Gasteiger partial charge in [0.05, 0.1) is 11.9 Å². The number of hydrogen-bond donors (Lipinski definition) is 2. The number of ketones is 1. The van der Waals surface area contributed by atoms with Crippen molar-refractivity contribution in [3.8, 4) is 0 Å². The van der Waals surface area contributed by atoms with Crippen molar-refractivity contribution in [2.24, 2.45) is 51.6 Å². The maximum absolute atomic E-state index is 13.6. The highest BCUT2D eigenvalue weighted by atomic mass is 32.2. The molecule has 2 unspecified atom stereocenters. The molecule has 0 aromatic carbocycles. The molecular formula is C35H50N2O5S2. The third-order valence-corrected chi connectivity index (χ3v) is 15.4. The van der Waals surface area contributed by atoms with Crippen LogP contribution in [0.25, 0.3) is 0 Å². The molecule has 1 saturated heterocycles. The van der Waals surface area contributed by atoms with E-state index in [9.17, 15) is 19.5 Å². The van der Waals surface area contributed by atoms with Crippen molar-refractivity contribution in [2.75, 3.05) is 18.8 Å². The first-order valence-electron chi connectivity index (χ1n) is 16.6. The summed E-state index contributed by atoms with van der Waals surface area (Å²) in [4.78, 5) is 43.1. The fourth-order valence-electron chi connectivity index (χ4n) is 10.2. The van der Waals surface area contributed by atoms with Crippen LogP contribution in [-0.4, -0.2) is 64.0 Å². The van der Waals surface area contributed by atoms with E-state index < -0.39 is 29.1 Å². The van der Waals surface area contributed by atoms with Gasteiger partial charge in [0.15, 0.2) is 0 Å². The average Bonchev–Trinajstić information content (AvgIpc) is 3.80. The molecule has 0 spiro atoms. The summed E-state index contributed by atoms with van der Waals surface area (Å²) in [6.07, 6.45) is 6.37. The predicted octanol–water partition coefficient (Wildman–Crippen LogP) is 5.62. The zero-order valence-electron chi connectivity index (χ0n) is 26.7. The number of thiophene rings is 1. The van der Waals surface area contributed by atoms with Gasteiger partial charge in [-0.2, -0.15) is 0 Å². The number of Topliss-reactive ketones (excluding diaryl/α,β-unsaturated/α-hetero) is 1. The molecule has 1 aromatic rings. The topological polar surface area (TPSA) is 110 Å². The zero-order chi connectivity index (χ0) is 31.6. The van der Waals surface area contributed by atoms with Gasteiger partial charge < -0.3 is 20.5 Å². The number of nitrogens with zero attached hydrogens (tertiary/aromatic N) is 1. The lowest BCUT2D eigenvalue weighted by Crippen LogP contribution is -2.63. The SMILES string of the molecule is C=C[C@]1(C)C[C@@H](OC(=O)CSC2CC3CN(C(=O)[C@H](N)c4cccs4)CC3C2)[C@]2(C)[C@H](C)CC[C@]3(CCC(=O)[C@H]32)[C@@H](C)[C@@H]1O. The Bertz CT molecular complexity index is 1270. The molecule has 1 aliphatic heterocycles. The predicted molar refractivity (Wildman–Crippen MR) is 175 cm³/mol. The number of thioether (sulfide) groups is 1. The number of rotatable bonds is 7. The summed E-state index contributed by atoms with van der Waals surface area (Å²) in [5.41, 5.74) is 4.88. The van der Waals surface area contributed by atoms with Crippen LogP contribution in [0, 0.1) is 45.8 Å². The van der Waals surface area contributed by atoms with Crippen LogP contribution in [0.4, 0.5) is 0 Å². The Kier molecular flexibility index (Phi) is 8.68. The number of nitrogens with two attached hydrogens (primary N) is 1. The molecule has 2 bridgehead atoms. The normalized spacial score (nSPS) is 44.0. The molecule has 1 aromatic heterocycles. The Morgan fingerprint density at radius 3 is 2.59 bits per heavy atom. The van der Waals surface area contributed by atoms with Crippen LogP contribution < -0.4 is 5.73 Å². The average molecular weight is 643 g/mol. The summed E-state index contributed by atoms with van der Waals surface area (Å²) < 4.78 is 6.45. The minimum absolute atomic E-state index is 0.00932. The molecule has 11 atom stereocenters. The van der Waals surface area contributed by atoms with Gasteiger partial charge in [-0.3, -0.25) is 14.4 Å². The molecule has 3 N–H and O–H groups in total. The van der Waals surface area contributed by atoms with Gasteiger partial charge in [-0.05, 0) is 79.1 Å². The van der Waals surface area contributed by atoms with Crippen molar-refractivity contribution in [3.63, 3.8) is 0 Å². The largest absolute Gasteiger partial charge is 0.461 e. The second-order valence-electron chi connectivity index (χ2n) is 15.2. The highest BCUT2D eigenvalue weighted by Gasteiger charge is 2.68. The van der Waals surface area contributed by atoms with E-state index >= 15 is 0 Å². The number of aliphatic hydroxyl groups is 1. The fourth-order valence-corrected chi connectivity index (χ4v) is 12.2. The van der Waals surface area contributed by atoms with Gasteiger partial charge >= 0.3 is 5.97 Å². The number of amides is 1. The summed E-state index contributed by atoms with van der Waals surface area (Å²) in [7, 11) is 0. The molecule has 9 heteroatoms. The van der Waals surface area contributed by atoms with Crippen LogP contribution in [0.1, 0.15) is 83.6 Å². The Morgan fingerprint density at radius 1 is 1.25 bits per heavy atom. The van der Waals surface area contributed by atoms with E-state index in [1.54, 1.807) is 11.8 Å². The van der Waals surface area contributed by atoms with Crippen molar-refractivity contribution in [1.29, 1.82) is 0 Å². The Balaban J connectivity index is 1.11. The molecule has 0 radical (unpaired) electrons.